The number of piperidine rings is 1. The maximum absolute atomic E-state index is 9.43. The third-order valence-corrected chi connectivity index (χ3v) is 4.25. The lowest BCUT2D eigenvalue weighted by molar-refractivity contribution is 0.139. The van der Waals surface area contributed by atoms with E-state index in [0.29, 0.717) is 5.92 Å². The molecule has 0 radical (unpaired) electrons. The first-order chi connectivity index (χ1) is 10.3. The molecule has 0 bridgehead atoms. The van der Waals surface area contributed by atoms with Crippen LogP contribution < -0.4 is 4.90 Å². The van der Waals surface area contributed by atoms with Gasteiger partial charge in [0.25, 0.3) is 0 Å². The Kier molecular flexibility index (Phi) is 4.36. The number of benzene rings is 1. The van der Waals surface area contributed by atoms with Crippen molar-refractivity contribution in [3.05, 3.63) is 36.0 Å². The Morgan fingerprint density at radius 1 is 1.29 bits per heavy atom. The molecule has 1 N–H and O–H groups in total. The second kappa shape index (κ2) is 6.41. The zero-order valence-electron chi connectivity index (χ0n) is 12.5. The Balaban J connectivity index is 1.89. The van der Waals surface area contributed by atoms with Crippen LogP contribution in [0.2, 0.25) is 0 Å². The number of aliphatic hydroxyl groups excluding tert-OH is 1. The van der Waals surface area contributed by atoms with Gasteiger partial charge in [0, 0.05) is 32.2 Å². The van der Waals surface area contributed by atoms with Crippen LogP contribution in [0.1, 0.15) is 18.5 Å². The number of hydrogen-bond acceptors (Lipinski definition) is 4. The number of nitrogens with zero attached hydrogens (tertiary/aromatic N) is 2. The molecule has 0 amide bonds. The van der Waals surface area contributed by atoms with Crippen LogP contribution in [0.4, 0.5) is 5.82 Å². The quantitative estimate of drug-likeness (QED) is 0.938. The van der Waals surface area contributed by atoms with E-state index in [4.69, 9.17) is 4.74 Å². The smallest absolute Gasteiger partial charge is 0.136 e. The molecule has 1 fully saturated rings. The molecule has 1 aromatic heterocycles. The first-order valence-electron chi connectivity index (χ1n) is 7.55. The second-order valence-corrected chi connectivity index (χ2v) is 5.70. The van der Waals surface area contributed by atoms with Gasteiger partial charge >= 0.3 is 0 Å². The maximum Gasteiger partial charge on any atom is 0.136 e. The van der Waals surface area contributed by atoms with Crippen molar-refractivity contribution in [3.63, 3.8) is 0 Å². The summed E-state index contributed by atoms with van der Waals surface area (Å²) in [4.78, 5) is 7.00. The lowest BCUT2D eigenvalue weighted by Gasteiger charge is -2.33. The minimum Gasteiger partial charge on any atom is -0.390 e. The largest absolute Gasteiger partial charge is 0.390 e. The first-order valence-corrected chi connectivity index (χ1v) is 7.55. The lowest BCUT2D eigenvalue weighted by Crippen LogP contribution is -2.35. The van der Waals surface area contributed by atoms with Crippen molar-refractivity contribution in [2.45, 2.75) is 19.4 Å². The molecule has 112 valence electrons. The molecule has 0 atom stereocenters. The predicted molar refractivity (Wildman–Crippen MR) is 84.5 cm³/mol. The molecule has 0 aliphatic carbocycles. The summed E-state index contributed by atoms with van der Waals surface area (Å²) in [6, 6.07) is 10.2. The molecule has 4 nitrogen and oxygen atoms in total. The van der Waals surface area contributed by atoms with Crippen LogP contribution in [0, 0.1) is 5.92 Å². The van der Waals surface area contributed by atoms with Crippen LogP contribution in [0.3, 0.4) is 0 Å². The Morgan fingerprint density at radius 2 is 2.05 bits per heavy atom. The van der Waals surface area contributed by atoms with Crippen molar-refractivity contribution in [1.82, 2.24) is 4.98 Å². The van der Waals surface area contributed by atoms with Gasteiger partial charge in [-0.1, -0.05) is 24.3 Å². The summed E-state index contributed by atoms with van der Waals surface area (Å²) >= 11 is 0. The summed E-state index contributed by atoms with van der Waals surface area (Å²) in [7, 11) is 1.77. The number of aliphatic hydroxyl groups is 1. The maximum atomic E-state index is 9.43. The van der Waals surface area contributed by atoms with Gasteiger partial charge in [0.1, 0.15) is 5.82 Å². The summed E-state index contributed by atoms with van der Waals surface area (Å²) in [5.74, 6) is 1.66. The highest BCUT2D eigenvalue weighted by atomic mass is 16.5. The minimum absolute atomic E-state index is 0.0159. The summed E-state index contributed by atoms with van der Waals surface area (Å²) in [6.45, 7) is 2.83. The van der Waals surface area contributed by atoms with Crippen LogP contribution in [-0.2, 0) is 11.3 Å². The van der Waals surface area contributed by atoms with Crippen molar-refractivity contribution in [2.24, 2.45) is 5.92 Å². The summed E-state index contributed by atoms with van der Waals surface area (Å²) in [6.07, 6.45) is 2.26. The summed E-state index contributed by atoms with van der Waals surface area (Å²) in [5, 5.41) is 11.7. The van der Waals surface area contributed by atoms with Gasteiger partial charge in [-0.2, -0.15) is 0 Å². The number of methoxy groups -OCH3 is 1. The molecule has 0 saturated carbocycles. The van der Waals surface area contributed by atoms with Gasteiger partial charge in [0.2, 0.25) is 0 Å². The second-order valence-electron chi connectivity index (χ2n) is 5.70. The molecule has 1 saturated heterocycles. The van der Waals surface area contributed by atoms with Gasteiger partial charge in [-0.25, -0.2) is 4.98 Å². The SMILES string of the molecule is COCC1CCN(c2nc(CO)cc3ccccc23)CC1. The third kappa shape index (κ3) is 3.01. The van der Waals surface area contributed by atoms with E-state index in [1.54, 1.807) is 7.11 Å². The van der Waals surface area contributed by atoms with Gasteiger partial charge in [0.15, 0.2) is 0 Å². The Labute approximate surface area is 125 Å². The highest BCUT2D eigenvalue weighted by Crippen LogP contribution is 2.29. The summed E-state index contributed by atoms with van der Waals surface area (Å²) in [5.41, 5.74) is 0.739. The minimum atomic E-state index is -0.0159. The molecule has 3 rings (SSSR count). The lowest BCUT2D eigenvalue weighted by atomic mass is 9.97. The number of aromatic nitrogens is 1. The van der Waals surface area contributed by atoms with E-state index in [0.717, 1.165) is 49.4 Å². The molecule has 1 aliphatic heterocycles. The standard InChI is InChI=1S/C17H22N2O2/c1-21-12-13-6-8-19(9-7-13)17-16-5-3-2-4-14(16)10-15(11-20)18-17/h2-5,10,13,20H,6-9,11-12H2,1H3. The van der Waals surface area contributed by atoms with E-state index in [2.05, 4.69) is 22.0 Å². The number of rotatable bonds is 4. The highest BCUT2D eigenvalue weighted by Gasteiger charge is 2.21. The number of hydrogen-bond donors (Lipinski definition) is 1. The van der Waals surface area contributed by atoms with E-state index in [9.17, 15) is 5.11 Å². The molecular formula is C17H22N2O2. The fraction of sp³-hybridized carbons (Fsp3) is 0.471. The molecular weight excluding hydrogens is 264 g/mol. The molecule has 4 heteroatoms. The van der Waals surface area contributed by atoms with E-state index in [1.165, 1.54) is 5.39 Å². The first kappa shape index (κ1) is 14.3. The van der Waals surface area contributed by atoms with Gasteiger partial charge in [0.05, 0.1) is 12.3 Å². The molecule has 1 aromatic carbocycles. The fourth-order valence-electron chi connectivity index (χ4n) is 3.10. The van der Waals surface area contributed by atoms with Crippen LogP contribution in [0.15, 0.2) is 30.3 Å². The molecule has 2 heterocycles. The zero-order valence-corrected chi connectivity index (χ0v) is 12.5. The number of anilines is 1. The Hall–Kier alpha value is -1.65. The molecule has 1 aliphatic rings. The van der Waals surface area contributed by atoms with E-state index in [-0.39, 0.29) is 6.61 Å². The number of fused-ring (bicyclic) bond motifs is 1. The molecule has 2 aromatic rings. The van der Waals surface area contributed by atoms with Crippen LogP contribution >= 0.6 is 0 Å². The van der Waals surface area contributed by atoms with Gasteiger partial charge in [-0.3, -0.25) is 0 Å². The molecule has 0 unspecified atom stereocenters. The zero-order chi connectivity index (χ0) is 14.7. The summed E-state index contributed by atoms with van der Waals surface area (Å²) < 4.78 is 5.26. The normalized spacial score (nSPS) is 16.6. The molecule has 21 heavy (non-hydrogen) atoms. The van der Waals surface area contributed by atoms with Crippen molar-refractivity contribution < 1.29 is 9.84 Å². The highest BCUT2D eigenvalue weighted by molar-refractivity contribution is 5.92. The average Bonchev–Trinajstić information content (AvgIpc) is 2.55. The third-order valence-electron chi connectivity index (χ3n) is 4.25. The van der Waals surface area contributed by atoms with Gasteiger partial charge in [-0.05, 0) is 30.2 Å². The van der Waals surface area contributed by atoms with E-state index >= 15 is 0 Å². The Bertz CT molecular complexity index is 607. The molecule has 0 spiro atoms. The number of ether oxygens (including phenoxy) is 1. The van der Waals surface area contributed by atoms with Crippen molar-refractivity contribution in [1.29, 1.82) is 0 Å². The average molecular weight is 286 g/mol. The van der Waals surface area contributed by atoms with Crippen molar-refractivity contribution >= 4 is 16.6 Å². The van der Waals surface area contributed by atoms with Gasteiger partial charge < -0.3 is 14.7 Å². The van der Waals surface area contributed by atoms with E-state index < -0.39 is 0 Å². The topological polar surface area (TPSA) is 45.6 Å². The van der Waals surface area contributed by atoms with E-state index in [1.807, 2.05) is 18.2 Å². The predicted octanol–water partition coefficient (Wildman–Crippen LogP) is 2.59. The number of pyridine rings is 1. The van der Waals surface area contributed by atoms with Crippen molar-refractivity contribution in [3.8, 4) is 0 Å². The fourth-order valence-corrected chi connectivity index (χ4v) is 3.10. The Morgan fingerprint density at radius 3 is 2.76 bits per heavy atom. The monoisotopic (exact) mass is 286 g/mol. The van der Waals surface area contributed by atoms with Gasteiger partial charge in [-0.15, -0.1) is 0 Å². The van der Waals surface area contributed by atoms with Crippen molar-refractivity contribution in [2.75, 3.05) is 31.7 Å². The van der Waals surface area contributed by atoms with Crippen LogP contribution in [0.5, 0.6) is 0 Å². The van der Waals surface area contributed by atoms with Crippen LogP contribution in [0.25, 0.3) is 10.8 Å². The van der Waals surface area contributed by atoms with Crippen LogP contribution in [-0.4, -0.2) is 36.9 Å².